The van der Waals surface area contributed by atoms with Gasteiger partial charge in [-0.05, 0) is 48.6 Å². The van der Waals surface area contributed by atoms with E-state index in [1.54, 1.807) is 0 Å². The number of fused-ring (bicyclic) bond motifs is 1. The van der Waals surface area contributed by atoms with Crippen LogP contribution in [0.2, 0.25) is 0 Å². The standard InChI is InChI=1S/C21H28N2O/c1-20(2,3)16-8-6-15(7-9-16)13-23-14-21(4,5)24-19-11-10-17(22)12-18(19)23/h6-12H,13-14,22H2,1-5H3. The number of anilines is 2. The summed E-state index contributed by atoms with van der Waals surface area (Å²) in [6, 6.07) is 14.8. The highest BCUT2D eigenvalue weighted by Crippen LogP contribution is 2.39. The lowest BCUT2D eigenvalue weighted by Gasteiger charge is -2.41. The summed E-state index contributed by atoms with van der Waals surface area (Å²) in [6.45, 7) is 12.7. The normalized spacial score (nSPS) is 16.5. The molecule has 3 heteroatoms. The van der Waals surface area contributed by atoms with Crippen molar-refractivity contribution in [3.05, 3.63) is 53.6 Å². The number of nitrogens with zero attached hydrogens (tertiary/aromatic N) is 1. The number of ether oxygens (including phenoxy) is 1. The molecular weight excluding hydrogens is 296 g/mol. The van der Waals surface area contributed by atoms with E-state index in [4.69, 9.17) is 10.5 Å². The van der Waals surface area contributed by atoms with Crippen LogP contribution in [0.4, 0.5) is 11.4 Å². The van der Waals surface area contributed by atoms with Crippen molar-refractivity contribution in [1.29, 1.82) is 0 Å². The van der Waals surface area contributed by atoms with Gasteiger partial charge in [0.05, 0.1) is 12.2 Å². The molecule has 0 spiro atoms. The van der Waals surface area contributed by atoms with Crippen LogP contribution in [0.3, 0.4) is 0 Å². The van der Waals surface area contributed by atoms with Crippen LogP contribution in [0.1, 0.15) is 45.7 Å². The van der Waals surface area contributed by atoms with Gasteiger partial charge in [0.1, 0.15) is 11.4 Å². The predicted molar refractivity (Wildman–Crippen MR) is 102 cm³/mol. The molecule has 0 unspecified atom stereocenters. The summed E-state index contributed by atoms with van der Waals surface area (Å²) in [4.78, 5) is 2.36. The maximum Gasteiger partial charge on any atom is 0.143 e. The summed E-state index contributed by atoms with van der Waals surface area (Å²) < 4.78 is 6.11. The molecule has 1 aliphatic rings. The minimum absolute atomic E-state index is 0.181. The summed E-state index contributed by atoms with van der Waals surface area (Å²) in [6.07, 6.45) is 0. The number of hydrogen-bond donors (Lipinski definition) is 1. The minimum atomic E-state index is -0.214. The molecule has 24 heavy (non-hydrogen) atoms. The van der Waals surface area contributed by atoms with E-state index < -0.39 is 0 Å². The van der Waals surface area contributed by atoms with Crippen LogP contribution < -0.4 is 15.4 Å². The Morgan fingerprint density at radius 2 is 1.75 bits per heavy atom. The smallest absolute Gasteiger partial charge is 0.143 e. The minimum Gasteiger partial charge on any atom is -0.484 e. The molecule has 0 saturated heterocycles. The lowest BCUT2D eigenvalue weighted by Crippen LogP contribution is -2.46. The van der Waals surface area contributed by atoms with Crippen LogP contribution in [0, 0.1) is 0 Å². The second-order valence-electron chi connectivity index (χ2n) is 8.39. The van der Waals surface area contributed by atoms with Gasteiger partial charge in [-0.3, -0.25) is 0 Å². The van der Waals surface area contributed by atoms with Crippen LogP contribution in [0.25, 0.3) is 0 Å². The molecule has 0 saturated carbocycles. The Morgan fingerprint density at radius 1 is 1.08 bits per heavy atom. The second kappa shape index (κ2) is 5.73. The van der Waals surface area contributed by atoms with E-state index in [1.807, 2.05) is 18.2 Å². The SMILES string of the molecule is CC1(C)CN(Cc2ccc(C(C)(C)C)cc2)c2cc(N)ccc2O1. The van der Waals surface area contributed by atoms with Crippen LogP contribution in [-0.2, 0) is 12.0 Å². The van der Waals surface area contributed by atoms with E-state index in [1.165, 1.54) is 11.1 Å². The molecule has 2 N–H and O–H groups in total. The van der Waals surface area contributed by atoms with Gasteiger partial charge < -0.3 is 15.4 Å². The van der Waals surface area contributed by atoms with Gasteiger partial charge in [-0.25, -0.2) is 0 Å². The zero-order chi connectivity index (χ0) is 17.5. The van der Waals surface area contributed by atoms with Crippen molar-refractivity contribution in [1.82, 2.24) is 0 Å². The quantitative estimate of drug-likeness (QED) is 0.811. The number of rotatable bonds is 2. The summed E-state index contributed by atoms with van der Waals surface area (Å²) in [5.41, 5.74) is 10.5. The first-order valence-electron chi connectivity index (χ1n) is 8.57. The lowest BCUT2D eigenvalue weighted by molar-refractivity contribution is 0.104. The average molecular weight is 324 g/mol. The number of hydrogen-bond acceptors (Lipinski definition) is 3. The second-order valence-corrected chi connectivity index (χ2v) is 8.39. The summed E-state index contributed by atoms with van der Waals surface area (Å²) in [5, 5.41) is 0. The van der Waals surface area contributed by atoms with E-state index in [2.05, 4.69) is 63.8 Å². The van der Waals surface area contributed by atoms with Crippen LogP contribution in [0.15, 0.2) is 42.5 Å². The zero-order valence-corrected chi connectivity index (χ0v) is 15.4. The zero-order valence-electron chi connectivity index (χ0n) is 15.4. The third-order valence-corrected chi connectivity index (χ3v) is 4.47. The Labute approximate surface area is 145 Å². The molecule has 0 amide bonds. The summed E-state index contributed by atoms with van der Waals surface area (Å²) >= 11 is 0. The molecule has 0 fully saturated rings. The van der Waals surface area contributed by atoms with Gasteiger partial charge in [0.25, 0.3) is 0 Å². The van der Waals surface area contributed by atoms with E-state index in [-0.39, 0.29) is 11.0 Å². The fraction of sp³-hybridized carbons (Fsp3) is 0.429. The fourth-order valence-corrected chi connectivity index (χ4v) is 3.21. The Balaban J connectivity index is 1.88. The largest absolute Gasteiger partial charge is 0.484 e. The molecule has 0 radical (unpaired) electrons. The molecule has 1 aliphatic heterocycles. The molecule has 3 rings (SSSR count). The lowest BCUT2D eigenvalue weighted by atomic mass is 9.86. The number of nitrogens with two attached hydrogens (primary N) is 1. The fourth-order valence-electron chi connectivity index (χ4n) is 3.21. The molecule has 0 aliphatic carbocycles. The molecule has 0 aromatic heterocycles. The molecule has 2 aromatic carbocycles. The first-order valence-corrected chi connectivity index (χ1v) is 8.57. The van der Waals surface area contributed by atoms with Crippen molar-refractivity contribution in [3.8, 4) is 5.75 Å². The van der Waals surface area contributed by atoms with Gasteiger partial charge in [0, 0.05) is 12.2 Å². The number of nitrogen functional groups attached to an aromatic ring is 1. The van der Waals surface area contributed by atoms with Gasteiger partial charge in [-0.1, -0.05) is 45.0 Å². The predicted octanol–water partition coefficient (Wildman–Crippen LogP) is 4.74. The third kappa shape index (κ3) is 3.50. The molecule has 128 valence electrons. The molecule has 0 bridgehead atoms. The highest BCUT2D eigenvalue weighted by molar-refractivity contribution is 5.66. The molecule has 0 atom stereocenters. The first-order chi connectivity index (χ1) is 11.1. The van der Waals surface area contributed by atoms with Crippen molar-refractivity contribution < 1.29 is 4.74 Å². The highest BCUT2D eigenvalue weighted by atomic mass is 16.5. The van der Waals surface area contributed by atoms with E-state index in [0.717, 1.165) is 30.2 Å². The Bertz CT molecular complexity index is 726. The Hall–Kier alpha value is -2.16. The average Bonchev–Trinajstić information content (AvgIpc) is 2.47. The molecule has 1 heterocycles. The van der Waals surface area contributed by atoms with Crippen molar-refractivity contribution >= 4 is 11.4 Å². The van der Waals surface area contributed by atoms with Gasteiger partial charge in [-0.2, -0.15) is 0 Å². The maximum absolute atomic E-state index is 6.11. The van der Waals surface area contributed by atoms with Crippen molar-refractivity contribution in [3.63, 3.8) is 0 Å². The Kier molecular flexibility index (Phi) is 3.98. The van der Waals surface area contributed by atoms with Gasteiger partial charge in [0.15, 0.2) is 0 Å². The molecule has 2 aromatic rings. The monoisotopic (exact) mass is 324 g/mol. The van der Waals surface area contributed by atoms with Crippen LogP contribution in [-0.4, -0.2) is 12.1 Å². The van der Waals surface area contributed by atoms with Crippen molar-refractivity contribution in [2.24, 2.45) is 0 Å². The Morgan fingerprint density at radius 3 is 2.38 bits per heavy atom. The van der Waals surface area contributed by atoms with Crippen molar-refractivity contribution in [2.45, 2.75) is 52.2 Å². The first kappa shape index (κ1) is 16.7. The topological polar surface area (TPSA) is 38.5 Å². The van der Waals surface area contributed by atoms with E-state index >= 15 is 0 Å². The van der Waals surface area contributed by atoms with E-state index in [9.17, 15) is 0 Å². The van der Waals surface area contributed by atoms with E-state index in [0.29, 0.717) is 0 Å². The summed E-state index contributed by atoms with van der Waals surface area (Å²) in [7, 11) is 0. The van der Waals surface area contributed by atoms with Crippen LogP contribution >= 0.6 is 0 Å². The summed E-state index contributed by atoms with van der Waals surface area (Å²) in [5.74, 6) is 0.909. The molecule has 3 nitrogen and oxygen atoms in total. The van der Waals surface area contributed by atoms with Gasteiger partial charge in [-0.15, -0.1) is 0 Å². The number of benzene rings is 2. The third-order valence-electron chi connectivity index (χ3n) is 4.47. The molecular formula is C21H28N2O. The van der Waals surface area contributed by atoms with Crippen LogP contribution in [0.5, 0.6) is 5.75 Å². The maximum atomic E-state index is 6.11. The highest BCUT2D eigenvalue weighted by Gasteiger charge is 2.31. The van der Waals surface area contributed by atoms with Gasteiger partial charge >= 0.3 is 0 Å². The van der Waals surface area contributed by atoms with Crippen molar-refractivity contribution in [2.75, 3.05) is 17.2 Å². The van der Waals surface area contributed by atoms with Gasteiger partial charge in [0.2, 0.25) is 0 Å².